The Balaban J connectivity index is 1.45. The molecule has 0 radical (unpaired) electrons. The molecule has 0 aliphatic heterocycles. The SMILES string of the molecule is CNC(=O)C1CCC(Nc2ncc3nc(Nc4c(F)cc(F)cc4F)n([C@H]4CC[C@@H](O)CC4)c3n2)CC1. The molecule has 0 unspecified atom stereocenters. The van der Waals surface area contributed by atoms with Gasteiger partial charge < -0.3 is 21.1 Å². The van der Waals surface area contributed by atoms with E-state index in [2.05, 4.69) is 25.9 Å². The minimum atomic E-state index is -1.07. The molecule has 37 heavy (non-hydrogen) atoms. The zero-order valence-corrected chi connectivity index (χ0v) is 20.5. The van der Waals surface area contributed by atoms with Crippen molar-refractivity contribution in [3.8, 4) is 0 Å². The van der Waals surface area contributed by atoms with Crippen LogP contribution in [0, 0.1) is 23.4 Å². The number of halogens is 3. The van der Waals surface area contributed by atoms with E-state index in [1.54, 1.807) is 17.8 Å². The van der Waals surface area contributed by atoms with Gasteiger partial charge in [-0.25, -0.2) is 23.1 Å². The van der Waals surface area contributed by atoms with E-state index in [4.69, 9.17) is 4.98 Å². The van der Waals surface area contributed by atoms with E-state index >= 15 is 0 Å². The minimum Gasteiger partial charge on any atom is -0.393 e. The fourth-order valence-electron chi connectivity index (χ4n) is 5.37. The Morgan fingerprint density at radius 2 is 1.68 bits per heavy atom. The molecule has 0 spiro atoms. The van der Waals surface area contributed by atoms with Crippen LogP contribution < -0.4 is 16.0 Å². The summed E-state index contributed by atoms with van der Waals surface area (Å²) in [6.45, 7) is 0. The van der Waals surface area contributed by atoms with E-state index in [0.717, 1.165) is 25.7 Å². The van der Waals surface area contributed by atoms with Crippen molar-refractivity contribution in [3.63, 3.8) is 0 Å². The Morgan fingerprint density at radius 3 is 2.32 bits per heavy atom. The summed E-state index contributed by atoms with van der Waals surface area (Å²) in [7, 11) is 1.65. The number of benzene rings is 1. The molecule has 1 amide bonds. The summed E-state index contributed by atoms with van der Waals surface area (Å²) in [5, 5.41) is 18.8. The van der Waals surface area contributed by atoms with E-state index in [-0.39, 0.29) is 29.9 Å². The molecule has 0 bridgehead atoms. The average molecular weight is 518 g/mol. The molecule has 0 atom stereocenters. The molecule has 0 saturated heterocycles. The maximum atomic E-state index is 14.4. The van der Waals surface area contributed by atoms with Crippen LogP contribution in [-0.2, 0) is 4.79 Å². The second-order valence-electron chi connectivity index (χ2n) is 9.85. The van der Waals surface area contributed by atoms with Crippen LogP contribution >= 0.6 is 0 Å². The van der Waals surface area contributed by atoms with Gasteiger partial charge in [-0.2, -0.15) is 4.98 Å². The van der Waals surface area contributed by atoms with Gasteiger partial charge in [0.1, 0.15) is 17.0 Å². The molecule has 2 saturated carbocycles. The standard InChI is InChI=1S/C25H30F3N7O2/c1-29-23(37)13-2-4-15(5-3-13)31-24-30-12-20-22(34-24)35(16-6-8-17(36)9-7-16)25(32-20)33-21-18(27)10-14(26)11-19(21)28/h10-13,15-17,36H,2-9H2,1H3,(H,29,37)(H,32,33)(H,30,31,34)/t13?,15?,16-,17+. The number of imidazole rings is 1. The number of nitrogens with one attached hydrogen (secondary N) is 3. The van der Waals surface area contributed by atoms with Crippen LogP contribution in [0.15, 0.2) is 18.3 Å². The molecule has 2 heterocycles. The summed E-state index contributed by atoms with van der Waals surface area (Å²) in [5.41, 5.74) is 0.418. The summed E-state index contributed by atoms with van der Waals surface area (Å²) in [5.74, 6) is -2.52. The average Bonchev–Trinajstić information content (AvgIpc) is 3.24. The number of rotatable bonds is 6. The first-order valence-corrected chi connectivity index (χ1v) is 12.6. The largest absolute Gasteiger partial charge is 0.393 e. The van der Waals surface area contributed by atoms with Crippen molar-refractivity contribution < 1.29 is 23.1 Å². The number of aliphatic hydroxyl groups excluding tert-OH is 1. The smallest absolute Gasteiger partial charge is 0.224 e. The molecule has 12 heteroatoms. The number of aliphatic hydroxyl groups is 1. The Morgan fingerprint density at radius 1 is 1.00 bits per heavy atom. The third kappa shape index (κ3) is 5.34. The van der Waals surface area contributed by atoms with Crippen LogP contribution in [0.25, 0.3) is 11.2 Å². The molecule has 2 aliphatic carbocycles. The Kier molecular flexibility index (Phi) is 7.18. The number of anilines is 3. The lowest BCUT2D eigenvalue weighted by Gasteiger charge is -2.29. The maximum absolute atomic E-state index is 14.4. The van der Waals surface area contributed by atoms with Gasteiger partial charge in [-0.3, -0.25) is 9.36 Å². The Bertz CT molecular complexity index is 1260. The van der Waals surface area contributed by atoms with E-state index in [1.165, 1.54) is 0 Å². The van der Waals surface area contributed by atoms with Gasteiger partial charge in [0.15, 0.2) is 17.3 Å². The number of amides is 1. The van der Waals surface area contributed by atoms with E-state index in [1.807, 2.05) is 0 Å². The van der Waals surface area contributed by atoms with Gasteiger partial charge in [-0.15, -0.1) is 0 Å². The molecule has 2 aliphatic rings. The van der Waals surface area contributed by atoms with Gasteiger partial charge in [0.2, 0.25) is 17.8 Å². The molecule has 9 nitrogen and oxygen atoms in total. The number of fused-ring (bicyclic) bond motifs is 1. The van der Waals surface area contributed by atoms with Gasteiger partial charge in [-0.1, -0.05) is 0 Å². The highest BCUT2D eigenvalue weighted by Gasteiger charge is 2.29. The molecule has 5 rings (SSSR count). The number of carbonyl (C=O) groups is 1. The summed E-state index contributed by atoms with van der Waals surface area (Å²) in [4.78, 5) is 25.5. The van der Waals surface area contributed by atoms with E-state index in [9.17, 15) is 23.1 Å². The maximum Gasteiger partial charge on any atom is 0.224 e. The summed E-state index contributed by atoms with van der Waals surface area (Å²) in [6.07, 6.45) is 6.71. The fourth-order valence-corrected chi connectivity index (χ4v) is 5.37. The van der Waals surface area contributed by atoms with E-state index in [0.29, 0.717) is 54.9 Å². The summed E-state index contributed by atoms with van der Waals surface area (Å²) < 4.78 is 44.1. The van der Waals surface area contributed by atoms with Crippen LogP contribution in [0.2, 0.25) is 0 Å². The normalized spacial score (nSPS) is 24.1. The zero-order valence-electron chi connectivity index (χ0n) is 20.5. The number of carbonyl (C=O) groups excluding carboxylic acids is 1. The molecule has 2 fully saturated rings. The second kappa shape index (κ2) is 10.5. The van der Waals surface area contributed by atoms with Gasteiger partial charge >= 0.3 is 0 Å². The number of aromatic nitrogens is 4. The molecular weight excluding hydrogens is 487 g/mol. The lowest BCUT2D eigenvalue weighted by molar-refractivity contribution is -0.125. The Labute approximate surface area is 211 Å². The number of nitrogens with zero attached hydrogens (tertiary/aromatic N) is 4. The van der Waals surface area contributed by atoms with Crippen molar-refractivity contribution in [2.75, 3.05) is 17.7 Å². The van der Waals surface area contributed by atoms with Crippen molar-refractivity contribution in [2.24, 2.45) is 5.92 Å². The van der Waals surface area contributed by atoms with Crippen LogP contribution in [0.4, 0.5) is 30.8 Å². The monoisotopic (exact) mass is 517 g/mol. The van der Waals surface area contributed by atoms with Gasteiger partial charge in [0.25, 0.3) is 0 Å². The van der Waals surface area contributed by atoms with Crippen LogP contribution in [-0.4, -0.2) is 49.7 Å². The fraction of sp³-hybridized carbons (Fsp3) is 0.520. The zero-order chi connectivity index (χ0) is 26.1. The Hall–Kier alpha value is -3.41. The first kappa shape index (κ1) is 25.2. The highest BCUT2D eigenvalue weighted by molar-refractivity contribution is 5.78. The topological polar surface area (TPSA) is 117 Å². The molecule has 1 aromatic carbocycles. The molecule has 2 aromatic heterocycles. The van der Waals surface area contributed by atoms with Gasteiger partial charge in [0.05, 0.1) is 12.3 Å². The molecule has 3 aromatic rings. The predicted octanol–water partition coefficient (Wildman–Crippen LogP) is 4.18. The number of hydrogen-bond acceptors (Lipinski definition) is 7. The first-order chi connectivity index (χ1) is 17.8. The second-order valence-corrected chi connectivity index (χ2v) is 9.85. The third-order valence-electron chi connectivity index (χ3n) is 7.39. The van der Waals surface area contributed by atoms with Crippen LogP contribution in [0.5, 0.6) is 0 Å². The van der Waals surface area contributed by atoms with Crippen LogP contribution in [0.3, 0.4) is 0 Å². The van der Waals surface area contributed by atoms with Crippen molar-refractivity contribution in [1.29, 1.82) is 0 Å². The van der Waals surface area contributed by atoms with Crippen LogP contribution in [0.1, 0.15) is 57.4 Å². The predicted molar refractivity (Wildman–Crippen MR) is 132 cm³/mol. The molecule has 198 valence electrons. The minimum absolute atomic E-state index is 0.00965. The summed E-state index contributed by atoms with van der Waals surface area (Å²) >= 11 is 0. The lowest BCUT2D eigenvalue weighted by atomic mass is 9.85. The van der Waals surface area contributed by atoms with Crippen molar-refractivity contribution in [1.82, 2.24) is 24.8 Å². The quantitative estimate of drug-likeness (QED) is 0.388. The van der Waals surface area contributed by atoms with Crippen molar-refractivity contribution >= 4 is 34.7 Å². The van der Waals surface area contributed by atoms with Crippen molar-refractivity contribution in [3.05, 3.63) is 35.8 Å². The molecular formula is C25H30F3N7O2. The van der Waals surface area contributed by atoms with Gasteiger partial charge in [-0.05, 0) is 51.4 Å². The molecule has 4 N–H and O–H groups in total. The highest BCUT2D eigenvalue weighted by atomic mass is 19.1. The third-order valence-corrected chi connectivity index (χ3v) is 7.39. The van der Waals surface area contributed by atoms with Gasteiger partial charge in [0, 0.05) is 37.2 Å². The highest BCUT2D eigenvalue weighted by Crippen LogP contribution is 2.36. The van der Waals surface area contributed by atoms with Crippen molar-refractivity contribution in [2.45, 2.75) is 69.6 Å². The first-order valence-electron chi connectivity index (χ1n) is 12.6. The number of hydrogen-bond donors (Lipinski definition) is 4. The van der Waals surface area contributed by atoms with E-state index < -0.39 is 29.2 Å². The lowest BCUT2D eigenvalue weighted by Crippen LogP contribution is -2.34. The summed E-state index contributed by atoms with van der Waals surface area (Å²) in [6, 6.07) is 1.21.